The van der Waals surface area contributed by atoms with Gasteiger partial charge in [0.05, 0.1) is 0 Å². The van der Waals surface area contributed by atoms with Gasteiger partial charge in [-0.2, -0.15) is 0 Å². The van der Waals surface area contributed by atoms with Crippen molar-refractivity contribution in [1.29, 1.82) is 0 Å². The summed E-state index contributed by atoms with van der Waals surface area (Å²) < 4.78 is 6.23. The maximum atomic E-state index is 6.23. The molecule has 0 bridgehead atoms. The second-order valence-electron chi connectivity index (χ2n) is 4.51. The van der Waals surface area contributed by atoms with Gasteiger partial charge in [-0.1, -0.05) is 17.5 Å². The summed E-state index contributed by atoms with van der Waals surface area (Å²) in [6, 6.07) is 0. The van der Waals surface area contributed by atoms with E-state index in [0.29, 0.717) is 0 Å². The monoisotopic (exact) mass is 206 g/mol. The van der Waals surface area contributed by atoms with E-state index >= 15 is 0 Å². The van der Waals surface area contributed by atoms with Crippen LogP contribution in [0.15, 0.2) is 34.0 Å². The molecule has 0 unspecified atom stereocenters. The highest BCUT2D eigenvalue weighted by atomic mass is 28.4. The molecule has 0 radical (unpaired) electrons. The highest BCUT2D eigenvalue weighted by Gasteiger charge is 2.49. The molecule has 0 spiro atoms. The molecule has 1 fully saturated rings. The average molecular weight is 206 g/mol. The van der Waals surface area contributed by atoms with Crippen LogP contribution in [0.1, 0.15) is 0 Å². The summed E-state index contributed by atoms with van der Waals surface area (Å²) in [6.07, 6.45) is 4.12. The van der Waals surface area contributed by atoms with E-state index in [1.807, 2.05) is 6.08 Å². The zero-order chi connectivity index (χ0) is 9.69. The van der Waals surface area contributed by atoms with Crippen LogP contribution in [0.25, 0.3) is 0 Å². The van der Waals surface area contributed by atoms with Crippen molar-refractivity contribution >= 4 is 16.6 Å². The molecule has 0 aromatic rings. The fourth-order valence-electron chi connectivity index (χ4n) is 2.11. The summed E-state index contributed by atoms with van der Waals surface area (Å²) >= 11 is 0. The van der Waals surface area contributed by atoms with Crippen molar-refractivity contribution < 1.29 is 4.12 Å². The van der Waals surface area contributed by atoms with E-state index in [-0.39, 0.29) is 0 Å². The van der Waals surface area contributed by atoms with Crippen LogP contribution in [0, 0.1) is 0 Å². The molecule has 0 aromatic heterocycles. The Hall–Kier alpha value is -0.566. The van der Waals surface area contributed by atoms with Crippen molar-refractivity contribution in [2.75, 3.05) is 0 Å². The lowest BCUT2D eigenvalue weighted by Crippen LogP contribution is -2.34. The molecule has 1 heterocycles. The quantitative estimate of drug-likeness (QED) is 0.437. The molecule has 0 amide bonds. The third-order valence-electron chi connectivity index (χ3n) is 2.56. The minimum absolute atomic E-state index is 1.34. The minimum Gasteiger partial charge on any atom is -0.448 e. The Bertz CT molecular complexity index is 389. The van der Waals surface area contributed by atoms with Gasteiger partial charge < -0.3 is 4.12 Å². The minimum atomic E-state index is -1.62. The van der Waals surface area contributed by atoms with Crippen molar-refractivity contribution in [2.45, 2.75) is 26.2 Å². The Kier molecular flexibility index (Phi) is 1.71. The van der Waals surface area contributed by atoms with Gasteiger partial charge >= 0.3 is 0 Å². The second-order valence-corrected chi connectivity index (χ2v) is 12.4. The molecule has 0 N–H and O–H groups in total. The van der Waals surface area contributed by atoms with Crippen molar-refractivity contribution in [3.05, 3.63) is 34.0 Å². The van der Waals surface area contributed by atoms with Crippen LogP contribution in [-0.2, 0) is 4.12 Å². The van der Waals surface area contributed by atoms with Crippen LogP contribution in [0.5, 0.6) is 0 Å². The van der Waals surface area contributed by atoms with E-state index in [1.54, 1.807) is 0 Å². The first-order valence-electron chi connectivity index (χ1n) is 4.57. The zero-order valence-electron chi connectivity index (χ0n) is 8.56. The van der Waals surface area contributed by atoms with E-state index in [1.165, 1.54) is 10.4 Å². The molecule has 13 heavy (non-hydrogen) atoms. The Balaban J connectivity index is 2.64. The Morgan fingerprint density at radius 3 is 2.46 bits per heavy atom. The zero-order valence-corrected chi connectivity index (χ0v) is 10.6. The number of rotatable bonds is 0. The van der Waals surface area contributed by atoms with Crippen molar-refractivity contribution in [3.8, 4) is 0 Å². The first kappa shape index (κ1) is 9.01. The fraction of sp³-hybridized carbons (Fsp3) is 0.400. The Morgan fingerprint density at radius 1 is 1.15 bits per heavy atom. The summed E-state index contributed by atoms with van der Waals surface area (Å²) in [5.41, 5.74) is 6.28. The molecule has 1 aliphatic heterocycles. The molecule has 68 valence electrons. The summed E-state index contributed by atoms with van der Waals surface area (Å²) in [5, 5.41) is 2.77. The standard InChI is InChI=1S/C10H14OSi2/c1-12(2)9-7-5-6-8-10(9)13(3,4)11-12/h5,7H,1-4H3. The lowest BCUT2D eigenvalue weighted by atomic mass is 10.4. The van der Waals surface area contributed by atoms with Gasteiger partial charge in [0.1, 0.15) is 0 Å². The van der Waals surface area contributed by atoms with Crippen molar-refractivity contribution in [2.24, 2.45) is 0 Å². The normalized spacial score (nSPS) is 26.8. The number of fused-ring (bicyclic) bond motifs is 1. The van der Waals surface area contributed by atoms with Crippen molar-refractivity contribution in [1.82, 2.24) is 0 Å². The van der Waals surface area contributed by atoms with Crippen molar-refractivity contribution in [3.63, 3.8) is 0 Å². The molecular weight excluding hydrogens is 192 g/mol. The smallest absolute Gasteiger partial charge is 0.214 e. The van der Waals surface area contributed by atoms with Gasteiger partial charge in [-0.05, 0) is 37.5 Å². The highest BCUT2D eigenvalue weighted by molar-refractivity contribution is 6.99. The summed E-state index contributed by atoms with van der Waals surface area (Å²) in [4.78, 5) is 0. The van der Waals surface area contributed by atoms with Crippen LogP contribution in [0.2, 0.25) is 26.2 Å². The number of hydrogen-bond donors (Lipinski definition) is 0. The molecule has 3 heteroatoms. The first-order chi connectivity index (χ1) is 5.93. The summed E-state index contributed by atoms with van der Waals surface area (Å²) in [7, 11) is -3.21. The number of allylic oxidation sites excluding steroid dienone is 4. The average Bonchev–Trinajstić information content (AvgIpc) is 2.20. The predicted octanol–water partition coefficient (Wildman–Crippen LogP) is 2.68. The molecule has 1 aliphatic carbocycles. The van der Waals surface area contributed by atoms with Gasteiger partial charge in [0.2, 0.25) is 16.6 Å². The van der Waals surface area contributed by atoms with Crippen LogP contribution in [-0.4, -0.2) is 16.6 Å². The van der Waals surface area contributed by atoms with Gasteiger partial charge in [-0.25, -0.2) is 0 Å². The third kappa shape index (κ3) is 1.26. The Labute approximate surface area is 81.4 Å². The van der Waals surface area contributed by atoms with E-state index in [9.17, 15) is 0 Å². The maximum absolute atomic E-state index is 6.23. The van der Waals surface area contributed by atoms with E-state index in [0.717, 1.165) is 0 Å². The predicted molar refractivity (Wildman–Crippen MR) is 59.2 cm³/mol. The van der Waals surface area contributed by atoms with Crippen LogP contribution in [0.3, 0.4) is 0 Å². The lowest BCUT2D eigenvalue weighted by Gasteiger charge is -2.20. The maximum Gasteiger partial charge on any atom is 0.214 e. The SMILES string of the molecule is C[Si]1(C)O[Si](C)(C)C2=CC=C=C=C21. The molecule has 1 nitrogen and oxygen atoms in total. The van der Waals surface area contributed by atoms with E-state index in [4.69, 9.17) is 4.12 Å². The molecule has 0 aromatic carbocycles. The van der Waals surface area contributed by atoms with Crippen LogP contribution < -0.4 is 0 Å². The van der Waals surface area contributed by atoms with Gasteiger partial charge in [0.25, 0.3) is 0 Å². The third-order valence-corrected chi connectivity index (χ3v) is 10.2. The first-order valence-corrected chi connectivity index (χ1v) is 10.4. The second kappa shape index (κ2) is 2.47. The van der Waals surface area contributed by atoms with Crippen LogP contribution in [0.4, 0.5) is 0 Å². The van der Waals surface area contributed by atoms with Gasteiger partial charge in [0, 0.05) is 5.20 Å². The van der Waals surface area contributed by atoms with E-state index < -0.39 is 16.6 Å². The Morgan fingerprint density at radius 2 is 1.85 bits per heavy atom. The van der Waals surface area contributed by atoms with E-state index in [2.05, 4.69) is 43.7 Å². The lowest BCUT2D eigenvalue weighted by molar-refractivity contribution is 0.581. The number of hydrogen-bond acceptors (Lipinski definition) is 1. The molecule has 0 atom stereocenters. The van der Waals surface area contributed by atoms with Gasteiger partial charge in [-0.15, -0.1) is 0 Å². The highest BCUT2D eigenvalue weighted by Crippen LogP contribution is 2.40. The molecular formula is C10H14OSi2. The topological polar surface area (TPSA) is 9.23 Å². The van der Waals surface area contributed by atoms with Gasteiger partial charge in [0.15, 0.2) is 0 Å². The fourth-order valence-corrected chi connectivity index (χ4v) is 12.1. The molecule has 2 aliphatic rings. The molecule has 0 saturated carbocycles. The largest absolute Gasteiger partial charge is 0.448 e. The van der Waals surface area contributed by atoms with Crippen LogP contribution >= 0.6 is 0 Å². The summed E-state index contributed by atoms with van der Waals surface area (Å²) in [5.74, 6) is 0. The molecule has 1 saturated heterocycles. The summed E-state index contributed by atoms with van der Waals surface area (Å²) in [6.45, 7) is 9.03. The molecule has 2 rings (SSSR count). The van der Waals surface area contributed by atoms with Gasteiger partial charge in [-0.3, -0.25) is 0 Å².